The number of aromatic nitrogens is 3. The van der Waals surface area contributed by atoms with Gasteiger partial charge < -0.3 is 20.0 Å². The Bertz CT molecular complexity index is 805. The van der Waals surface area contributed by atoms with Gasteiger partial charge in [-0.1, -0.05) is 0 Å². The van der Waals surface area contributed by atoms with Crippen LogP contribution in [0.2, 0.25) is 0 Å². The molecule has 27 heavy (non-hydrogen) atoms. The number of nitrogens with one attached hydrogen (secondary N) is 1. The van der Waals surface area contributed by atoms with E-state index < -0.39 is 0 Å². The van der Waals surface area contributed by atoms with Crippen molar-refractivity contribution in [2.75, 3.05) is 61.5 Å². The molecule has 0 unspecified atom stereocenters. The minimum Gasteiger partial charge on any atom is -0.369 e. The first-order valence-electron chi connectivity index (χ1n) is 9.82. The molecule has 0 spiro atoms. The van der Waals surface area contributed by atoms with E-state index in [1.807, 2.05) is 31.4 Å². The van der Waals surface area contributed by atoms with Crippen LogP contribution in [0.15, 0.2) is 18.5 Å². The van der Waals surface area contributed by atoms with E-state index in [0.29, 0.717) is 0 Å². The third kappa shape index (κ3) is 3.69. The van der Waals surface area contributed by atoms with Crippen molar-refractivity contribution in [1.29, 1.82) is 0 Å². The third-order valence-electron chi connectivity index (χ3n) is 5.43. The molecule has 0 aliphatic carbocycles. The largest absolute Gasteiger partial charge is 0.369 e. The molecule has 0 radical (unpaired) electrons. The van der Waals surface area contributed by atoms with Crippen LogP contribution in [0.5, 0.6) is 0 Å². The van der Waals surface area contributed by atoms with Crippen molar-refractivity contribution in [1.82, 2.24) is 20.3 Å². The Morgan fingerprint density at radius 1 is 1.07 bits per heavy atom. The lowest BCUT2D eigenvalue weighted by Crippen LogP contribution is -2.35. The Morgan fingerprint density at radius 3 is 2.70 bits per heavy atom. The minimum absolute atomic E-state index is 0.804. The van der Waals surface area contributed by atoms with Crippen LogP contribution in [0, 0.1) is 6.92 Å². The van der Waals surface area contributed by atoms with Gasteiger partial charge in [0.05, 0.1) is 5.69 Å². The zero-order valence-corrected chi connectivity index (χ0v) is 16.6. The van der Waals surface area contributed by atoms with Gasteiger partial charge >= 0.3 is 0 Å². The summed E-state index contributed by atoms with van der Waals surface area (Å²) in [5, 5.41) is 3.44. The van der Waals surface area contributed by atoms with E-state index in [4.69, 9.17) is 9.97 Å². The minimum atomic E-state index is 0.804. The molecule has 1 N–H and O–H groups in total. The zero-order chi connectivity index (χ0) is 18.8. The summed E-state index contributed by atoms with van der Waals surface area (Å²) in [6.45, 7) is 8.05. The van der Waals surface area contributed by atoms with Gasteiger partial charge in [-0.2, -0.15) is 4.98 Å². The van der Waals surface area contributed by atoms with Gasteiger partial charge in [-0.3, -0.25) is 4.98 Å². The van der Waals surface area contributed by atoms with Gasteiger partial charge in [0.2, 0.25) is 5.95 Å². The van der Waals surface area contributed by atoms with Crippen LogP contribution in [-0.2, 0) is 13.0 Å². The molecule has 0 atom stereocenters. The van der Waals surface area contributed by atoms with Crippen LogP contribution < -0.4 is 20.0 Å². The van der Waals surface area contributed by atoms with Gasteiger partial charge in [-0.05, 0) is 37.9 Å². The lowest BCUT2D eigenvalue weighted by molar-refractivity contribution is 0.618. The van der Waals surface area contributed by atoms with Crippen molar-refractivity contribution >= 4 is 17.5 Å². The fraction of sp³-hybridized carbons (Fsp3) is 0.550. The normalized spacial score (nSPS) is 17.4. The van der Waals surface area contributed by atoms with Gasteiger partial charge in [0.15, 0.2) is 0 Å². The average molecular weight is 368 g/mol. The van der Waals surface area contributed by atoms with Crippen LogP contribution in [-0.4, -0.2) is 61.8 Å². The fourth-order valence-electron chi connectivity index (χ4n) is 3.98. The van der Waals surface area contributed by atoms with E-state index >= 15 is 0 Å². The van der Waals surface area contributed by atoms with E-state index in [1.54, 1.807) is 0 Å². The Hall–Kier alpha value is -2.41. The van der Waals surface area contributed by atoms with Crippen molar-refractivity contribution in [2.24, 2.45) is 0 Å². The lowest BCUT2D eigenvalue weighted by Gasteiger charge is -2.29. The number of hydrogen-bond donors (Lipinski definition) is 1. The number of aryl methyl sites for hydroxylation is 1. The maximum atomic E-state index is 4.95. The Balaban J connectivity index is 1.61. The van der Waals surface area contributed by atoms with Gasteiger partial charge in [0.1, 0.15) is 5.82 Å². The van der Waals surface area contributed by atoms with Crippen LogP contribution in [0.4, 0.5) is 17.5 Å². The van der Waals surface area contributed by atoms with Gasteiger partial charge in [-0.15, -0.1) is 0 Å². The highest BCUT2D eigenvalue weighted by Crippen LogP contribution is 2.28. The van der Waals surface area contributed by atoms with Crippen molar-refractivity contribution in [3.05, 3.63) is 35.3 Å². The molecule has 4 rings (SSSR count). The molecule has 7 heteroatoms. The zero-order valence-electron chi connectivity index (χ0n) is 16.6. The van der Waals surface area contributed by atoms with E-state index in [1.165, 1.54) is 16.8 Å². The molecule has 1 fully saturated rings. The summed E-state index contributed by atoms with van der Waals surface area (Å²) in [7, 11) is 4.02. The highest BCUT2D eigenvalue weighted by Gasteiger charge is 2.24. The van der Waals surface area contributed by atoms with Crippen LogP contribution in [0.25, 0.3) is 0 Å². The quantitative estimate of drug-likeness (QED) is 0.884. The highest BCUT2D eigenvalue weighted by atomic mass is 15.3. The monoisotopic (exact) mass is 367 g/mol. The molecule has 2 aliphatic heterocycles. The number of pyridine rings is 1. The second kappa shape index (κ2) is 7.68. The smallest absolute Gasteiger partial charge is 0.227 e. The van der Waals surface area contributed by atoms with Crippen molar-refractivity contribution in [3.8, 4) is 0 Å². The number of anilines is 3. The maximum absolute atomic E-state index is 4.95. The summed E-state index contributed by atoms with van der Waals surface area (Å²) < 4.78 is 0. The molecule has 144 valence electrons. The van der Waals surface area contributed by atoms with Gasteiger partial charge in [0, 0.05) is 70.5 Å². The first kappa shape index (κ1) is 18.0. The van der Waals surface area contributed by atoms with E-state index in [2.05, 4.69) is 33.1 Å². The molecule has 2 aromatic heterocycles. The SMILES string of the molecule is Cc1cnccc1N1CCCN(c2nc(N(C)C)nc3c2CCNC3)CC1. The summed E-state index contributed by atoms with van der Waals surface area (Å²) in [5.74, 6) is 1.94. The summed E-state index contributed by atoms with van der Waals surface area (Å²) in [5.41, 5.74) is 5.02. The Kier molecular flexibility index (Phi) is 5.11. The van der Waals surface area contributed by atoms with Crippen LogP contribution in [0.3, 0.4) is 0 Å². The highest BCUT2D eigenvalue weighted by molar-refractivity contribution is 5.56. The molecule has 0 saturated carbocycles. The van der Waals surface area contributed by atoms with Crippen molar-refractivity contribution in [3.63, 3.8) is 0 Å². The molecule has 4 heterocycles. The first-order valence-corrected chi connectivity index (χ1v) is 9.82. The maximum Gasteiger partial charge on any atom is 0.227 e. The second-order valence-corrected chi connectivity index (χ2v) is 7.58. The molecule has 7 nitrogen and oxygen atoms in total. The topological polar surface area (TPSA) is 60.4 Å². The number of fused-ring (bicyclic) bond motifs is 1. The predicted octanol–water partition coefficient (Wildman–Crippen LogP) is 1.61. The molecular formula is C20H29N7. The Labute approximate surface area is 161 Å². The summed E-state index contributed by atoms with van der Waals surface area (Å²) >= 11 is 0. The standard InChI is InChI=1S/C20H29N7/c1-15-13-21-8-6-18(15)26-9-4-10-27(12-11-26)19-16-5-7-22-14-17(16)23-20(24-19)25(2)3/h6,8,13,22H,4-5,7,9-12,14H2,1-3H3. The van der Waals surface area contributed by atoms with Gasteiger partial charge in [0.25, 0.3) is 0 Å². The third-order valence-corrected chi connectivity index (χ3v) is 5.43. The van der Waals surface area contributed by atoms with Crippen LogP contribution in [0.1, 0.15) is 23.2 Å². The predicted molar refractivity (Wildman–Crippen MR) is 110 cm³/mol. The molecular weight excluding hydrogens is 338 g/mol. The lowest BCUT2D eigenvalue weighted by atomic mass is 10.1. The number of rotatable bonds is 3. The fourth-order valence-corrected chi connectivity index (χ4v) is 3.98. The van der Waals surface area contributed by atoms with E-state index in [0.717, 1.165) is 69.6 Å². The summed E-state index contributed by atoms with van der Waals surface area (Å²) in [6, 6.07) is 2.13. The summed E-state index contributed by atoms with van der Waals surface area (Å²) in [6.07, 6.45) is 5.97. The molecule has 0 amide bonds. The molecule has 0 bridgehead atoms. The van der Waals surface area contributed by atoms with Crippen LogP contribution >= 0.6 is 0 Å². The molecule has 2 aromatic rings. The van der Waals surface area contributed by atoms with Gasteiger partial charge in [-0.25, -0.2) is 4.98 Å². The average Bonchev–Trinajstić information content (AvgIpc) is 2.93. The molecule has 0 aromatic carbocycles. The number of hydrogen-bond acceptors (Lipinski definition) is 7. The first-order chi connectivity index (χ1) is 13.1. The van der Waals surface area contributed by atoms with E-state index in [9.17, 15) is 0 Å². The second-order valence-electron chi connectivity index (χ2n) is 7.58. The van der Waals surface area contributed by atoms with Crippen molar-refractivity contribution in [2.45, 2.75) is 26.3 Å². The molecule has 2 aliphatic rings. The number of nitrogens with zero attached hydrogens (tertiary/aromatic N) is 6. The Morgan fingerprint density at radius 2 is 1.89 bits per heavy atom. The van der Waals surface area contributed by atoms with E-state index in [-0.39, 0.29) is 0 Å². The molecule has 1 saturated heterocycles. The summed E-state index contributed by atoms with van der Waals surface area (Å²) in [4.78, 5) is 20.9. The van der Waals surface area contributed by atoms with Crippen molar-refractivity contribution < 1.29 is 0 Å².